The van der Waals surface area contributed by atoms with Gasteiger partial charge in [0.1, 0.15) is 0 Å². The SMILES string of the molecule is CC/C(=C(/c1ccc(/C=C/C(=O)O)cc1)c1ccc2[nH]ncc2c1)c1ccccc1-c1ccccc1. The predicted octanol–water partition coefficient (Wildman–Crippen LogP) is 7.70. The van der Waals surface area contributed by atoms with Crippen LogP contribution in [0.5, 0.6) is 0 Å². The second-order valence-corrected chi connectivity index (χ2v) is 8.58. The van der Waals surface area contributed by atoms with Crippen LogP contribution in [0, 0.1) is 0 Å². The third-order valence-electron chi connectivity index (χ3n) is 6.34. The van der Waals surface area contributed by atoms with E-state index in [2.05, 4.69) is 96.0 Å². The zero-order valence-electron chi connectivity index (χ0n) is 20.0. The molecule has 1 aromatic heterocycles. The Kier molecular flexibility index (Phi) is 6.59. The van der Waals surface area contributed by atoms with E-state index in [1.165, 1.54) is 22.3 Å². The summed E-state index contributed by atoms with van der Waals surface area (Å²) >= 11 is 0. The molecule has 0 aliphatic rings. The van der Waals surface area contributed by atoms with Crippen LogP contribution in [0.3, 0.4) is 0 Å². The second kappa shape index (κ2) is 10.3. The second-order valence-electron chi connectivity index (χ2n) is 8.58. The normalized spacial score (nSPS) is 12.1. The Balaban J connectivity index is 1.74. The van der Waals surface area contributed by atoms with Crippen LogP contribution < -0.4 is 0 Å². The number of H-pyrrole nitrogens is 1. The molecule has 0 radical (unpaired) electrons. The van der Waals surface area contributed by atoms with Crippen molar-refractivity contribution in [1.82, 2.24) is 10.2 Å². The van der Waals surface area contributed by atoms with E-state index in [9.17, 15) is 4.79 Å². The largest absolute Gasteiger partial charge is 0.478 e. The highest BCUT2D eigenvalue weighted by Crippen LogP contribution is 2.39. The van der Waals surface area contributed by atoms with Crippen molar-refractivity contribution in [2.75, 3.05) is 0 Å². The molecule has 4 heteroatoms. The zero-order valence-corrected chi connectivity index (χ0v) is 20.0. The summed E-state index contributed by atoms with van der Waals surface area (Å²) in [5, 5.41) is 17.3. The Labute approximate surface area is 210 Å². The summed E-state index contributed by atoms with van der Waals surface area (Å²) in [6, 6.07) is 33.4. The number of fused-ring (bicyclic) bond motifs is 1. The van der Waals surface area contributed by atoms with E-state index in [-0.39, 0.29) is 0 Å². The first-order chi connectivity index (χ1) is 17.6. The van der Waals surface area contributed by atoms with E-state index in [4.69, 9.17) is 5.11 Å². The summed E-state index contributed by atoms with van der Waals surface area (Å²) < 4.78 is 0. The highest BCUT2D eigenvalue weighted by Gasteiger charge is 2.17. The summed E-state index contributed by atoms with van der Waals surface area (Å²) in [4.78, 5) is 10.9. The quantitative estimate of drug-likeness (QED) is 0.189. The van der Waals surface area contributed by atoms with E-state index in [0.29, 0.717) is 0 Å². The number of nitrogens with zero attached hydrogens (tertiary/aromatic N) is 1. The van der Waals surface area contributed by atoms with Crippen molar-refractivity contribution in [2.45, 2.75) is 13.3 Å². The molecule has 5 aromatic rings. The number of carboxylic acid groups (broad SMARTS) is 1. The fourth-order valence-corrected chi connectivity index (χ4v) is 4.66. The first-order valence-electron chi connectivity index (χ1n) is 12.0. The Morgan fingerprint density at radius 3 is 2.36 bits per heavy atom. The average molecular weight is 471 g/mol. The predicted molar refractivity (Wildman–Crippen MR) is 147 cm³/mol. The van der Waals surface area contributed by atoms with Crippen molar-refractivity contribution in [3.05, 3.63) is 132 Å². The van der Waals surface area contributed by atoms with Gasteiger partial charge in [0.25, 0.3) is 0 Å². The number of benzene rings is 4. The number of aromatic amines is 1. The molecule has 0 saturated heterocycles. The number of hydrogen-bond acceptors (Lipinski definition) is 2. The van der Waals surface area contributed by atoms with Crippen molar-refractivity contribution in [1.29, 1.82) is 0 Å². The molecule has 0 atom stereocenters. The van der Waals surface area contributed by atoms with Crippen LogP contribution in [0.25, 0.3) is 39.3 Å². The maximum Gasteiger partial charge on any atom is 0.328 e. The first kappa shape index (κ1) is 23.1. The maximum atomic E-state index is 10.9. The molecule has 0 aliphatic heterocycles. The Morgan fingerprint density at radius 1 is 0.889 bits per heavy atom. The molecule has 0 saturated carbocycles. The number of carbonyl (C=O) groups is 1. The van der Waals surface area contributed by atoms with Gasteiger partial charge in [-0.1, -0.05) is 91.9 Å². The number of hydrogen-bond donors (Lipinski definition) is 2. The molecule has 36 heavy (non-hydrogen) atoms. The smallest absolute Gasteiger partial charge is 0.328 e. The molecule has 0 aliphatic carbocycles. The van der Waals surface area contributed by atoms with Gasteiger partial charge in [-0.15, -0.1) is 0 Å². The minimum Gasteiger partial charge on any atom is -0.478 e. The van der Waals surface area contributed by atoms with Gasteiger partial charge in [-0.05, 0) is 69.2 Å². The molecule has 4 aromatic carbocycles. The third-order valence-corrected chi connectivity index (χ3v) is 6.34. The van der Waals surface area contributed by atoms with Crippen LogP contribution >= 0.6 is 0 Å². The van der Waals surface area contributed by atoms with Gasteiger partial charge in [0.05, 0.1) is 11.7 Å². The molecule has 0 fully saturated rings. The fourth-order valence-electron chi connectivity index (χ4n) is 4.66. The van der Waals surface area contributed by atoms with Crippen LogP contribution in [0.2, 0.25) is 0 Å². The van der Waals surface area contributed by atoms with Crippen molar-refractivity contribution in [3.8, 4) is 11.1 Å². The number of nitrogens with one attached hydrogen (secondary N) is 1. The molecule has 5 rings (SSSR count). The highest BCUT2D eigenvalue weighted by molar-refractivity contribution is 6.03. The van der Waals surface area contributed by atoms with E-state index in [1.807, 2.05) is 24.4 Å². The van der Waals surface area contributed by atoms with Crippen LogP contribution in [-0.2, 0) is 4.79 Å². The highest BCUT2D eigenvalue weighted by atomic mass is 16.4. The van der Waals surface area contributed by atoms with Crippen molar-refractivity contribution in [2.24, 2.45) is 0 Å². The zero-order chi connectivity index (χ0) is 24.9. The van der Waals surface area contributed by atoms with Crippen LogP contribution in [-0.4, -0.2) is 21.3 Å². The molecule has 0 unspecified atom stereocenters. The summed E-state index contributed by atoms with van der Waals surface area (Å²) in [6.07, 6.45) is 5.45. The molecule has 0 bridgehead atoms. The molecule has 4 nitrogen and oxygen atoms in total. The van der Waals surface area contributed by atoms with Gasteiger partial charge in [0.15, 0.2) is 0 Å². The van der Waals surface area contributed by atoms with Gasteiger partial charge in [-0.25, -0.2) is 4.79 Å². The van der Waals surface area contributed by atoms with Gasteiger partial charge >= 0.3 is 5.97 Å². The standard InChI is InChI=1S/C32H26N2O2/c1-2-27(29-11-7-6-10-28(29)23-8-4-3-5-9-23)32(25-17-18-30-26(20-25)21-33-34-30)24-15-12-22(13-16-24)14-19-31(35)36/h3-21H,2H2,1H3,(H,33,34)(H,35,36)/b19-14+,32-27+. The minimum absolute atomic E-state index is 0.837. The summed E-state index contributed by atoms with van der Waals surface area (Å²) in [6.45, 7) is 2.19. The summed E-state index contributed by atoms with van der Waals surface area (Å²) in [5.74, 6) is -0.959. The Morgan fingerprint density at radius 2 is 1.61 bits per heavy atom. The van der Waals surface area contributed by atoms with Gasteiger partial charge in [-0.2, -0.15) is 5.10 Å². The van der Waals surface area contributed by atoms with Crippen LogP contribution in [0.15, 0.2) is 109 Å². The average Bonchev–Trinajstić information content (AvgIpc) is 3.39. The van der Waals surface area contributed by atoms with Gasteiger partial charge < -0.3 is 5.11 Å². The van der Waals surface area contributed by atoms with E-state index in [1.54, 1.807) is 6.08 Å². The first-order valence-corrected chi connectivity index (χ1v) is 12.0. The number of aromatic nitrogens is 2. The number of aliphatic carboxylic acids is 1. The summed E-state index contributed by atoms with van der Waals surface area (Å²) in [7, 11) is 0. The lowest BCUT2D eigenvalue weighted by atomic mass is 9.84. The maximum absolute atomic E-state index is 10.9. The van der Waals surface area contributed by atoms with Gasteiger partial charge in [-0.3, -0.25) is 5.10 Å². The van der Waals surface area contributed by atoms with Gasteiger partial charge in [0.2, 0.25) is 0 Å². The monoisotopic (exact) mass is 470 g/mol. The van der Waals surface area contributed by atoms with E-state index in [0.717, 1.165) is 45.7 Å². The Hall–Kier alpha value is -4.70. The lowest BCUT2D eigenvalue weighted by molar-refractivity contribution is -0.131. The number of allylic oxidation sites excluding steroid dienone is 1. The fraction of sp³-hybridized carbons (Fsp3) is 0.0625. The van der Waals surface area contributed by atoms with Gasteiger partial charge in [0, 0.05) is 11.5 Å². The minimum atomic E-state index is -0.959. The number of rotatable bonds is 7. The van der Waals surface area contributed by atoms with Crippen molar-refractivity contribution in [3.63, 3.8) is 0 Å². The summed E-state index contributed by atoms with van der Waals surface area (Å²) in [5.41, 5.74) is 9.98. The van der Waals surface area contributed by atoms with Crippen LogP contribution in [0.4, 0.5) is 0 Å². The number of carboxylic acids is 1. The lowest BCUT2D eigenvalue weighted by Crippen LogP contribution is -1.97. The van der Waals surface area contributed by atoms with Crippen molar-refractivity contribution < 1.29 is 9.90 Å². The third kappa shape index (κ3) is 4.75. The molecular formula is C32H26N2O2. The molecule has 176 valence electrons. The topological polar surface area (TPSA) is 66.0 Å². The van der Waals surface area contributed by atoms with Crippen molar-refractivity contribution >= 4 is 34.1 Å². The molecule has 2 N–H and O–H groups in total. The lowest BCUT2D eigenvalue weighted by Gasteiger charge is -2.19. The Bertz CT molecular complexity index is 1580. The van der Waals surface area contributed by atoms with E-state index >= 15 is 0 Å². The van der Waals surface area contributed by atoms with E-state index < -0.39 is 5.97 Å². The van der Waals surface area contributed by atoms with Crippen LogP contribution in [0.1, 0.15) is 35.6 Å². The molecule has 0 spiro atoms. The molecule has 1 heterocycles. The molecular weight excluding hydrogens is 444 g/mol. The molecule has 0 amide bonds.